The number of fused-ring (bicyclic) bond motifs is 2. The second kappa shape index (κ2) is 4.95. The average Bonchev–Trinajstić information content (AvgIpc) is 2.97. The monoisotopic (exact) mass is 279 g/mol. The molecule has 20 heavy (non-hydrogen) atoms. The Hall–Kier alpha value is -1.80. The van der Waals surface area contributed by atoms with Crippen LogP contribution in [-0.2, 0) is 6.42 Å². The predicted molar refractivity (Wildman–Crippen MR) is 87.6 cm³/mol. The molecule has 0 aliphatic heterocycles. The van der Waals surface area contributed by atoms with Crippen molar-refractivity contribution in [3.63, 3.8) is 0 Å². The third-order valence-electron chi connectivity index (χ3n) is 4.14. The van der Waals surface area contributed by atoms with Crippen LogP contribution in [0.15, 0.2) is 53.9 Å². The number of hydrogen-bond donors (Lipinski definition) is 1. The summed E-state index contributed by atoms with van der Waals surface area (Å²) in [5.74, 6) is 0. The van der Waals surface area contributed by atoms with Crippen LogP contribution in [0.3, 0.4) is 0 Å². The van der Waals surface area contributed by atoms with Gasteiger partial charge >= 0.3 is 0 Å². The first-order valence-corrected chi connectivity index (χ1v) is 8.10. The van der Waals surface area contributed by atoms with Crippen LogP contribution in [0.1, 0.15) is 29.3 Å². The Kier molecular flexibility index (Phi) is 2.96. The quantitative estimate of drug-likeness (QED) is 0.663. The molecule has 2 heteroatoms. The molecule has 1 atom stereocenters. The maximum Gasteiger partial charge on any atom is 0.0524 e. The maximum absolute atomic E-state index is 3.72. The molecule has 1 nitrogen and oxygen atoms in total. The van der Waals surface area contributed by atoms with Crippen molar-refractivity contribution < 1.29 is 0 Å². The van der Waals surface area contributed by atoms with Gasteiger partial charge in [0.1, 0.15) is 0 Å². The Morgan fingerprint density at radius 1 is 1.00 bits per heavy atom. The standard InChI is InChI=1S/C18H17NS/c1-2-5-14-12-15(9-8-13(14)4-1)19-17-6-3-7-18-16(17)10-11-20-18/h1-2,4-5,8-12,17,19H,3,6-7H2. The van der Waals surface area contributed by atoms with E-state index in [4.69, 9.17) is 0 Å². The van der Waals surface area contributed by atoms with Gasteiger partial charge in [-0.1, -0.05) is 30.3 Å². The summed E-state index contributed by atoms with van der Waals surface area (Å²) < 4.78 is 0. The van der Waals surface area contributed by atoms with E-state index < -0.39 is 0 Å². The molecule has 1 unspecified atom stereocenters. The molecule has 4 rings (SSSR count). The van der Waals surface area contributed by atoms with Gasteiger partial charge in [0.15, 0.2) is 0 Å². The highest BCUT2D eigenvalue weighted by atomic mass is 32.1. The highest BCUT2D eigenvalue weighted by molar-refractivity contribution is 7.10. The minimum Gasteiger partial charge on any atom is -0.378 e. The summed E-state index contributed by atoms with van der Waals surface area (Å²) in [7, 11) is 0. The van der Waals surface area contributed by atoms with E-state index in [9.17, 15) is 0 Å². The largest absolute Gasteiger partial charge is 0.378 e. The number of thiophene rings is 1. The van der Waals surface area contributed by atoms with Gasteiger partial charge in [-0.25, -0.2) is 0 Å². The van der Waals surface area contributed by atoms with Gasteiger partial charge in [0.05, 0.1) is 6.04 Å². The van der Waals surface area contributed by atoms with Crippen LogP contribution in [0.2, 0.25) is 0 Å². The second-order valence-electron chi connectivity index (χ2n) is 5.45. The molecule has 1 aliphatic rings. The van der Waals surface area contributed by atoms with E-state index in [1.807, 2.05) is 11.3 Å². The van der Waals surface area contributed by atoms with Crippen LogP contribution in [0, 0.1) is 0 Å². The Morgan fingerprint density at radius 3 is 2.85 bits per heavy atom. The fraction of sp³-hybridized carbons (Fsp3) is 0.222. The van der Waals surface area contributed by atoms with Gasteiger partial charge in [0.2, 0.25) is 0 Å². The summed E-state index contributed by atoms with van der Waals surface area (Å²) in [5, 5.41) is 8.56. The van der Waals surface area contributed by atoms with Crippen molar-refractivity contribution in [3.05, 3.63) is 64.4 Å². The maximum atomic E-state index is 3.72. The average molecular weight is 279 g/mol. The Balaban J connectivity index is 1.65. The fourth-order valence-electron chi connectivity index (χ4n) is 3.12. The molecule has 0 saturated heterocycles. The van der Waals surface area contributed by atoms with Gasteiger partial charge in [-0.15, -0.1) is 11.3 Å². The Labute approximate surface area is 123 Å². The van der Waals surface area contributed by atoms with E-state index in [1.54, 1.807) is 4.88 Å². The van der Waals surface area contributed by atoms with Crippen LogP contribution in [0.4, 0.5) is 5.69 Å². The number of hydrogen-bond acceptors (Lipinski definition) is 2. The number of benzene rings is 2. The zero-order valence-electron chi connectivity index (χ0n) is 11.3. The van der Waals surface area contributed by atoms with E-state index >= 15 is 0 Å². The van der Waals surface area contributed by atoms with Crippen LogP contribution in [-0.4, -0.2) is 0 Å². The lowest BCUT2D eigenvalue weighted by Crippen LogP contribution is -2.15. The number of anilines is 1. The van der Waals surface area contributed by atoms with Gasteiger partial charge in [0, 0.05) is 10.6 Å². The van der Waals surface area contributed by atoms with Gasteiger partial charge in [-0.05, 0) is 59.2 Å². The van der Waals surface area contributed by atoms with Crippen molar-refractivity contribution in [1.82, 2.24) is 0 Å². The molecule has 2 aromatic carbocycles. The van der Waals surface area contributed by atoms with Gasteiger partial charge in [-0.2, -0.15) is 0 Å². The van der Waals surface area contributed by atoms with Crippen LogP contribution in [0.5, 0.6) is 0 Å². The third-order valence-corrected chi connectivity index (χ3v) is 5.14. The van der Waals surface area contributed by atoms with E-state index in [0.29, 0.717) is 6.04 Å². The van der Waals surface area contributed by atoms with Crippen molar-refractivity contribution in [2.24, 2.45) is 0 Å². The Morgan fingerprint density at radius 2 is 1.90 bits per heavy atom. The molecule has 1 N–H and O–H groups in total. The van der Waals surface area contributed by atoms with Crippen LogP contribution >= 0.6 is 11.3 Å². The topological polar surface area (TPSA) is 12.0 Å². The van der Waals surface area contributed by atoms with E-state index in [-0.39, 0.29) is 0 Å². The molecule has 1 aliphatic carbocycles. The summed E-state index contributed by atoms with van der Waals surface area (Å²) in [4.78, 5) is 1.56. The molecule has 0 saturated carbocycles. The summed E-state index contributed by atoms with van der Waals surface area (Å²) in [6.07, 6.45) is 3.78. The zero-order valence-corrected chi connectivity index (χ0v) is 12.1. The van der Waals surface area contributed by atoms with Gasteiger partial charge in [0.25, 0.3) is 0 Å². The minimum atomic E-state index is 0.478. The minimum absolute atomic E-state index is 0.478. The number of aryl methyl sites for hydroxylation is 1. The molecule has 0 radical (unpaired) electrons. The van der Waals surface area contributed by atoms with Crippen LogP contribution < -0.4 is 5.32 Å². The van der Waals surface area contributed by atoms with E-state index in [0.717, 1.165) is 0 Å². The second-order valence-corrected chi connectivity index (χ2v) is 6.45. The summed E-state index contributed by atoms with van der Waals surface area (Å²) in [6.45, 7) is 0. The third kappa shape index (κ3) is 2.10. The molecule has 100 valence electrons. The van der Waals surface area contributed by atoms with Crippen molar-refractivity contribution in [1.29, 1.82) is 0 Å². The fourth-order valence-corrected chi connectivity index (χ4v) is 4.10. The van der Waals surface area contributed by atoms with Crippen molar-refractivity contribution in [2.45, 2.75) is 25.3 Å². The molecule has 0 amide bonds. The first-order valence-electron chi connectivity index (χ1n) is 7.22. The summed E-state index contributed by atoms with van der Waals surface area (Å²) in [6, 6.07) is 18.0. The molecule has 1 aromatic heterocycles. The molecular weight excluding hydrogens is 262 g/mol. The predicted octanol–water partition coefficient (Wildman–Crippen LogP) is 5.39. The SMILES string of the molecule is c1ccc2cc(NC3CCCc4sccc43)ccc2c1. The molecular formula is C18H17NS. The van der Waals surface area contributed by atoms with Gasteiger partial charge < -0.3 is 5.32 Å². The molecule has 0 fully saturated rings. The molecule has 1 heterocycles. The Bertz CT molecular complexity index is 744. The van der Waals surface area contributed by atoms with Crippen molar-refractivity contribution in [3.8, 4) is 0 Å². The van der Waals surface area contributed by atoms with Crippen molar-refractivity contribution in [2.75, 3.05) is 5.32 Å². The first kappa shape index (κ1) is 12.0. The molecule has 3 aromatic rings. The number of rotatable bonds is 2. The van der Waals surface area contributed by atoms with E-state index in [2.05, 4.69) is 59.2 Å². The van der Waals surface area contributed by atoms with Gasteiger partial charge in [-0.3, -0.25) is 0 Å². The highest BCUT2D eigenvalue weighted by Crippen LogP contribution is 2.35. The molecule has 0 bridgehead atoms. The normalized spacial score (nSPS) is 17.9. The summed E-state index contributed by atoms with van der Waals surface area (Å²) >= 11 is 1.90. The smallest absolute Gasteiger partial charge is 0.0524 e. The lowest BCUT2D eigenvalue weighted by molar-refractivity contribution is 0.609. The lowest BCUT2D eigenvalue weighted by Gasteiger charge is -2.25. The summed E-state index contributed by atoms with van der Waals surface area (Å²) in [5.41, 5.74) is 2.74. The van der Waals surface area contributed by atoms with Crippen molar-refractivity contribution >= 4 is 27.8 Å². The number of nitrogens with one attached hydrogen (secondary N) is 1. The first-order chi connectivity index (χ1) is 9.90. The highest BCUT2D eigenvalue weighted by Gasteiger charge is 2.20. The molecule has 0 spiro atoms. The van der Waals surface area contributed by atoms with Crippen LogP contribution in [0.25, 0.3) is 10.8 Å². The van der Waals surface area contributed by atoms with E-state index in [1.165, 1.54) is 41.3 Å². The lowest BCUT2D eigenvalue weighted by atomic mass is 9.94. The zero-order chi connectivity index (χ0) is 13.4.